The SMILES string of the molecule is C=C(/N=C(Cc1cccc(-c2ccc3c4ccccc4n(-c4ccccc4)c3c2)c1)\N=C(/C)c1ccccc1)c1ccccc1. The Labute approximate surface area is 264 Å². The van der Waals surface area contributed by atoms with E-state index in [1.165, 1.54) is 27.4 Å². The van der Waals surface area contributed by atoms with E-state index < -0.39 is 0 Å². The van der Waals surface area contributed by atoms with Gasteiger partial charge in [-0.2, -0.15) is 0 Å². The molecular formula is C42H33N3. The van der Waals surface area contributed by atoms with Crippen LogP contribution >= 0.6 is 0 Å². The van der Waals surface area contributed by atoms with Gasteiger partial charge >= 0.3 is 0 Å². The average molecular weight is 580 g/mol. The molecule has 0 bridgehead atoms. The third-order valence-electron chi connectivity index (χ3n) is 8.17. The predicted molar refractivity (Wildman–Crippen MR) is 191 cm³/mol. The number of nitrogens with zero attached hydrogens (tertiary/aromatic N) is 3. The molecule has 1 aromatic heterocycles. The summed E-state index contributed by atoms with van der Waals surface area (Å²) >= 11 is 0. The highest BCUT2D eigenvalue weighted by Gasteiger charge is 2.13. The van der Waals surface area contributed by atoms with Gasteiger partial charge < -0.3 is 4.57 Å². The Morgan fingerprint density at radius 1 is 0.556 bits per heavy atom. The fourth-order valence-corrected chi connectivity index (χ4v) is 5.94. The number of aliphatic imine (C=N–C) groups is 2. The summed E-state index contributed by atoms with van der Waals surface area (Å²) in [5.41, 5.74) is 10.7. The first-order valence-corrected chi connectivity index (χ1v) is 15.2. The number of fused-ring (bicyclic) bond motifs is 3. The second kappa shape index (κ2) is 12.4. The van der Waals surface area contributed by atoms with Gasteiger partial charge in [0.15, 0.2) is 0 Å². The van der Waals surface area contributed by atoms with Crippen LogP contribution in [0.15, 0.2) is 174 Å². The van der Waals surface area contributed by atoms with Crippen LogP contribution in [0.4, 0.5) is 0 Å². The quantitative estimate of drug-likeness (QED) is 0.133. The maximum absolute atomic E-state index is 5.02. The van der Waals surface area contributed by atoms with E-state index in [9.17, 15) is 0 Å². The van der Waals surface area contributed by atoms with Crippen molar-refractivity contribution in [3.05, 3.63) is 181 Å². The topological polar surface area (TPSA) is 29.6 Å². The molecule has 0 aliphatic carbocycles. The van der Waals surface area contributed by atoms with Crippen LogP contribution in [0.25, 0.3) is 44.3 Å². The molecule has 0 saturated carbocycles. The predicted octanol–water partition coefficient (Wildman–Crippen LogP) is 10.6. The third-order valence-corrected chi connectivity index (χ3v) is 8.17. The second-order valence-corrected chi connectivity index (χ2v) is 11.2. The highest BCUT2D eigenvalue weighted by atomic mass is 15.0. The van der Waals surface area contributed by atoms with Gasteiger partial charge in [-0.1, -0.05) is 140 Å². The van der Waals surface area contributed by atoms with Crippen LogP contribution in [0, 0.1) is 0 Å². The fraction of sp³-hybridized carbons (Fsp3) is 0.0476. The molecule has 216 valence electrons. The van der Waals surface area contributed by atoms with Gasteiger partial charge in [0.25, 0.3) is 0 Å². The number of hydrogen-bond acceptors (Lipinski definition) is 1. The fourth-order valence-electron chi connectivity index (χ4n) is 5.94. The van der Waals surface area contributed by atoms with E-state index in [4.69, 9.17) is 9.98 Å². The molecule has 0 fully saturated rings. The summed E-state index contributed by atoms with van der Waals surface area (Å²) in [5.74, 6) is 0.724. The summed E-state index contributed by atoms with van der Waals surface area (Å²) in [4.78, 5) is 9.97. The van der Waals surface area contributed by atoms with Crippen molar-refractivity contribution >= 4 is 39.1 Å². The molecule has 0 aliphatic heterocycles. The Kier molecular flexibility index (Phi) is 7.74. The zero-order valence-corrected chi connectivity index (χ0v) is 25.3. The molecule has 0 spiro atoms. The molecule has 0 saturated heterocycles. The Bertz CT molecular complexity index is 2190. The number of para-hydroxylation sites is 2. The van der Waals surface area contributed by atoms with Gasteiger partial charge in [0.05, 0.1) is 16.7 Å². The standard InChI is InChI=1S/C42H33N3/c1-30(33-16-6-3-7-17-33)43-42(44-31(2)34-18-8-4-9-19-34)28-32-15-14-20-35(27-32)36-25-26-39-38-23-12-13-24-40(38)45(41(39)29-36)37-21-10-5-11-22-37/h3-27,29H,1,28H2,2H3/b43-42-,44-31+. The van der Waals surface area contributed by atoms with E-state index in [-0.39, 0.29) is 0 Å². The molecule has 7 aromatic rings. The number of hydrogen-bond donors (Lipinski definition) is 0. The Morgan fingerprint density at radius 2 is 1.18 bits per heavy atom. The van der Waals surface area contributed by atoms with Crippen molar-refractivity contribution in [2.45, 2.75) is 13.3 Å². The van der Waals surface area contributed by atoms with Gasteiger partial charge in [0, 0.05) is 28.6 Å². The van der Waals surface area contributed by atoms with Crippen molar-refractivity contribution in [1.29, 1.82) is 0 Å². The third kappa shape index (κ3) is 5.89. The highest BCUT2D eigenvalue weighted by Crippen LogP contribution is 2.35. The smallest absolute Gasteiger partial charge is 0.133 e. The molecule has 0 radical (unpaired) electrons. The largest absolute Gasteiger partial charge is 0.309 e. The molecule has 0 amide bonds. The monoisotopic (exact) mass is 579 g/mol. The lowest BCUT2D eigenvalue weighted by Gasteiger charge is -2.10. The van der Waals surface area contributed by atoms with E-state index in [1.54, 1.807) is 0 Å². The van der Waals surface area contributed by atoms with Gasteiger partial charge in [0.2, 0.25) is 0 Å². The maximum atomic E-state index is 5.02. The number of aromatic nitrogens is 1. The molecule has 3 heteroatoms. The Balaban J connectivity index is 1.28. The van der Waals surface area contributed by atoms with Gasteiger partial charge in [0.1, 0.15) is 5.84 Å². The zero-order chi connectivity index (χ0) is 30.6. The average Bonchev–Trinajstić information content (AvgIpc) is 3.43. The molecule has 45 heavy (non-hydrogen) atoms. The summed E-state index contributed by atoms with van der Waals surface area (Å²) < 4.78 is 2.36. The van der Waals surface area contributed by atoms with E-state index in [1.807, 2.05) is 55.5 Å². The molecule has 6 aromatic carbocycles. The second-order valence-electron chi connectivity index (χ2n) is 11.2. The van der Waals surface area contributed by atoms with Crippen molar-refractivity contribution in [1.82, 2.24) is 4.57 Å². The first-order chi connectivity index (χ1) is 22.1. The minimum atomic E-state index is 0.580. The lowest BCUT2D eigenvalue weighted by atomic mass is 10.00. The molecule has 1 heterocycles. The van der Waals surface area contributed by atoms with Gasteiger partial charge in [-0.05, 0) is 59.0 Å². The van der Waals surface area contributed by atoms with Gasteiger partial charge in [-0.25, -0.2) is 9.98 Å². The van der Waals surface area contributed by atoms with Gasteiger partial charge in [-0.15, -0.1) is 0 Å². The molecule has 0 N–H and O–H groups in total. The van der Waals surface area contributed by atoms with Crippen LogP contribution < -0.4 is 0 Å². The first-order valence-electron chi connectivity index (χ1n) is 15.2. The van der Waals surface area contributed by atoms with E-state index in [0.29, 0.717) is 12.1 Å². The number of benzene rings is 6. The first kappa shape index (κ1) is 28.0. The Hall–Kier alpha value is -5.80. The van der Waals surface area contributed by atoms with Crippen molar-refractivity contribution in [3.8, 4) is 16.8 Å². The lowest BCUT2D eigenvalue weighted by Crippen LogP contribution is -2.06. The molecule has 3 nitrogen and oxygen atoms in total. The molecular weight excluding hydrogens is 546 g/mol. The van der Waals surface area contributed by atoms with E-state index in [2.05, 4.69) is 120 Å². The number of amidine groups is 1. The summed E-state index contributed by atoms with van der Waals surface area (Å²) in [6.07, 6.45) is 0.580. The van der Waals surface area contributed by atoms with Crippen molar-refractivity contribution < 1.29 is 0 Å². The van der Waals surface area contributed by atoms with Crippen molar-refractivity contribution in [3.63, 3.8) is 0 Å². The van der Waals surface area contributed by atoms with Crippen molar-refractivity contribution in [2.75, 3.05) is 0 Å². The van der Waals surface area contributed by atoms with E-state index >= 15 is 0 Å². The van der Waals surface area contributed by atoms with Crippen LogP contribution in [0.1, 0.15) is 23.6 Å². The van der Waals surface area contributed by atoms with Crippen LogP contribution in [0.5, 0.6) is 0 Å². The lowest BCUT2D eigenvalue weighted by molar-refractivity contribution is 1.18. The Morgan fingerprint density at radius 3 is 1.93 bits per heavy atom. The summed E-state index contributed by atoms with van der Waals surface area (Å²) in [7, 11) is 0. The highest BCUT2D eigenvalue weighted by molar-refractivity contribution is 6.10. The number of rotatable bonds is 7. The summed E-state index contributed by atoms with van der Waals surface area (Å²) in [6.45, 7) is 6.31. The molecule has 0 unspecified atom stereocenters. The molecule has 0 aliphatic rings. The minimum Gasteiger partial charge on any atom is -0.309 e. The van der Waals surface area contributed by atoms with Crippen LogP contribution in [0.2, 0.25) is 0 Å². The molecule has 0 atom stereocenters. The van der Waals surface area contributed by atoms with Crippen LogP contribution in [-0.4, -0.2) is 16.1 Å². The normalized spacial score (nSPS) is 12.1. The summed E-state index contributed by atoms with van der Waals surface area (Å²) in [5, 5.41) is 2.50. The van der Waals surface area contributed by atoms with Crippen LogP contribution in [-0.2, 0) is 6.42 Å². The van der Waals surface area contributed by atoms with Crippen LogP contribution in [0.3, 0.4) is 0 Å². The van der Waals surface area contributed by atoms with E-state index in [0.717, 1.165) is 39.5 Å². The van der Waals surface area contributed by atoms with Gasteiger partial charge in [-0.3, -0.25) is 0 Å². The zero-order valence-electron chi connectivity index (χ0n) is 25.3. The summed E-state index contributed by atoms with van der Waals surface area (Å²) in [6, 6.07) is 55.0. The van der Waals surface area contributed by atoms with Crippen molar-refractivity contribution in [2.24, 2.45) is 9.98 Å². The maximum Gasteiger partial charge on any atom is 0.133 e. The molecule has 7 rings (SSSR count). The minimum absolute atomic E-state index is 0.580.